The number of carbonyl (C=O) groups is 2. The van der Waals surface area contributed by atoms with E-state index in [4.69, 9.17) is 23.0 Å². The van der Waals surface area contributed by atoms with Crippen molar-refractivity contribution in [3.63, 3.8) is 0 Å². The molecule has 5 aromatic carbocycles. The summed E-state index contributed by atoms with van der Waals surface area (Å²) in [5.41, 5.74) is 7.37. The third kappa shape index (κ3) is 14.1. The molecule has 4 heterocycles. The van der Waals surface area contributed by atoms with Gasteiger partial charge in [0.25, 0.3) is 0 Å². The molecule has 376 valence electrons. The molecular formula is C60H68N4O8. The van der Waals surface area contributed by atoms with Crippen molar-refractivity contribution in [3.8, 4) is 34.4 Å². The van der Waals surface area contributed by atoms with Gasteiger partial charge in [-0.2, -0.15) is 0 Å². The Morgan fingerprint density at radius 1 is 0.583 bits per heavy atom. The first-order chi connectivity index (χ1) is 35.1. The number of likely N-dealkylation sites (tertiary alicyclic amines) is 2. The SMILES string of the molecule is CCN1C[C@@H](CCc2cccc(OCCc3nc(-c4ccccc4)oc3C)c2)[C@H](C(=O)OC)C1.Cc1oc(-c2ccccc2)nc1CCOc1cccc(CC[C@@H]2CN(Cc3ccccc3)C[C@H]2C(=O)O)c1. The van der Waals surface area contributed by atoms with E-state index < -0.39 is 5.97 Å². The summed E-state index contributed by atoms with van der Waals surface area (Å²) in [6.45, 7) is 12.0. The molecule has 0 bridgehead atoms. The van der Waals surface area contributed by atoms with Crippen molar-refractivity contribution in [1.82, 2.24) is 19.8 Å². The summed E-state index contributed by atoms with van der Waals surface area (Å²) >= 11 is 0. The van der Waals surface area contributed by atoms with Gasteiger partial charge >= 0.3 is 11.9 Å². The van der Waals surface area contributed by atoms with Crippen LogP contribution in [0.1, 0.15) is 59.4 Å². The van der Waals surface area contributed by atoms with Gasteiger partial charge in [-0.1, -0.05) is 97.9 Å². The zero-order chi connectivity index (χ0) is 50.2. The summed E-state index contributed by atoms with van der Waals surface area (Å²) < 4.78 is 28.8. The molecule has 0 radical (unpaired) electrons. The summed E-state index contributed by atoms with van der Waals surface area (Å²) in [4.78, 5) is 38.1. The van der Waals surface area contributed by atoms with Crippen molar-refractivity contribution in [2.24, 2.45) is 23.7 Å². The highest BCUT2D eigenvalue weighted by atomic mass is 16.5. The van der Waals surface area contributed by atoms with E-state index in [0.717, 1.165) is 110 Å². The minimum Gasteiger partial charge on any atom is -0.493 e. The van der Waals surface area contributed by atoms with Crippen LogP contribution < -0.4 is 9.47 Å². The molecular weight excluding hydrogens is 905 g/mol. The Balaban J connectivity index is 0.000000194. The second-order valence-electron chi connectivity index (χ2n) is 19.0. The van der Waals surface area contributed by atoms with Crippen LogP contribution in [0.2, 0.25) is 0 Å². The molecule has 72 heavy (non-hydrogen) atoms. The second-order valence-corrected chi connectivity index (χ2v) is 19.0. The van der Waals surface area contributed by atoms with Crippen LogP contribution >= 0.6 is 0 Å². The molecule has 1 N–H and O–H groups in total. The summed E-state index contributed by atoms with van der Waals surface area (Å²) in [6.07, 6.45) is 4.88. The number of aryl methyl sites for hydroxylation is 4. The second kappa shape index (κ2) is 25.4. The lowest BCUT2D eigenvalue weighted by atomic mass is 9.90. The summed E-state index contributed by atoms with van der Waals surface area (Å²) in [6, 6.07) is 46.5. The first kappa shape index (κ1) is 51.3. The third-order valence-corrected chi connectivity index (χ3v) is 14.0. The molecule has 4 atom stereocenters. The first-order valence-electron chi connectivity index (χ1n) is 25.4. The Bertz CT molecular complexity index is 2790. The number of carboxylic acid groups (broad SMARTS) is 1. The average molecular weight is 973 g/mol. The molecule has 0 amide bonds. The zero-order valence-corrected chi connectivity index (χ0v) is 42.1. The number of aliphatic carboxylic acids is 1. The fraction of sp³-hybridized carbons (Fsp3) is 0.367. The Morgan fingerprint density at radius 3 is 1.53 bits per heavy atom. The van der Waals surface area contributed by atoms with Crippen molar-refractivity contribution in [1.29, 1.82) is 0 Å². The molecule has 0 spiro atoms. The van der Waals surface area contributed by atoms with Crippen molar-refractivity contribution in [3.05, 3.63) is 179 Å². The highest BCUT2D eigenvalue weighted by Gasteiger charge is 2.38. The smallest absolute Gasteiger partial charge is 0.310 e. The number of ether oxygens (including phenoxy) is 3. The molecule has 0 aliphatic carbocycles. The maximum Gasteiger partial charge on any atom is 0.310 e. The molecule has 9 rings (SSSR count). The largest absolute Gasteiger partial charge is 0.493 e. The van der Waals surface area contributed by atoms with Crippen LogP contribution in [0.5, 0.6) is 11.5 Å². The maximum atomic E-state index is 12.2. The normalized spacial score (nSPS) is 17.8. The molecule has 12 heteroatoms. The van der Waals surface area contributed by atoms with Gasteiger partial charge in [0.1, 0.15) is 23.0 Å². The predicted molar refractivity (Wildman–Crippen MR) is 279 cm³/mol. The van der Waals surface area contributed by atoms with Crippen LogP contribution in [0.25, 0.3) is 22.9 Å². The molecule has 7 aromatic rings. The third-order valence-electron chi connectivity index (χ3n) is 14.0. The van der Waals surface area contributed by atoms with Crippen LogP contribution in [-0.4, -0.2) is 89.9 Å². The number of esters is 1. The molecule has 0 unspecified atom stereocenters. The van der Waals surface area contributed by atoms with Gasteiger partial charge in [0.05, 0.1) is 43.5 Å². The van der Waals surface area contributed by atoms with Gasteiger partial charge in [0.2, 0.25) is 11.8 Å². The molecule has 2 aliphatic rings. The number of hydrogen-bond donors (Lipinski definition) is 1. The Kier molecular flexibility index (Phi) is 18.1. The van der Waals surface area contributed by atoms with Crippen LogP contribution in [-0.2, 0) is 46.6 Å². The van der Waals surface area contributed by atoms with E-state index in [1.54, 1.807) is 0 Å². The van der Waals surface area contributed by atoms with E-state index in [-0.39, 0.29) is 23.7 Å². The number of rotatable bonds is 21. The van der Waals surface area contributed by atoms with E-state index in [9.17, 15) is 14.7 Å². The van der Waals surface area contributed by atoms with Crippen LogP contribution in [0.15, 0.2) is 148 Å². The molecule has 12 nitrogen and oxygen atoms in total. The van der Waals surface area contributed by atoms with Gasteiger partial charge < -0.3 is 33.1 Å². The number of aromatic nitrogens is 2. The number of oxazole rings is 2. The lowest BCUT2D eigenvalue weighted by Gasteiger charge is -2.16. The van der Waals surface area contributed by atoms with Crippen molar-refractivity contribution in [2.45, 2.75) is 65.8 Å². The van der Waals surface area contributed by atoms with E-state index in [1.165, 1.54) is 18.2 Å². The summed E-state index contributed by atoms with van der Waals surface area (Å²) in [7, 11) is 1.48. The van der Waals surface area contributed by atoms with Gasteiger partial charge in [-0.25, -0.2) is 9.97 Å². The maximum absolute atomic E-state index is 12.2. The van der Waals surface area contributed by atoms with Crippen LogP contribution in [0.4, 0.5) is 0 Å². The molecule has 2 saturated heterocycles. The Morgan fingerprint density at radius 2 is 1.04 bits per heavy atom. The first-order valence-corrected chi connectivity index (χ1v) is 25.4. The minimum atomic E-state index is -0.693. The molecule has 2 fully saturated rings. The van der Waals surface area contributed by atoms with Crippen LogP contribution in [0, 0.1) is 37.5 Å². The van der Waals surface area contributed by atoms with Crippen molar-refractivity contribution in [2.75, 3.05) is 53.0 Å². The van der Waals surface area contributed by atoms with Gasteiger partial charge in [-0.05, 0) is 123 Å². The lowest BCUT2D eigenvalue weighted by Crippen LogP contribution is -2.25. The van der Waals surface area contributed by atoms with E-state index in [0.29, 0.717) is 50.3 Å². The van der Waals surface area contributed by atoms with Gasteiger partial charge in [-0.15, -0.1) is 0 Å². The van der Waals surface area contributed by atoms with E-state index in [1.807, 2.05) is 117 Å². The fourth-order valence-electron chi connectivity index (χ4n) is 9.98. The highest BCUT2D eigenvalue weighted by Crippen LogP contribution is 2.32. The monoisotopic (exact) mass is 973 g/mol. The number of carboxylic acids is 1. The predicted octanol–water partition coefficient (Wildman–Crippen LogP) is 11.0. The highest BCUT2D eigenvalue weighted by molar-refractivity contribution is 5.73. The number of benzene rings is 5. The number of carbonyl (C=O) groups excluding carboxylic acids is 1. The zero-order valence-electron chi connectivity index (χ0n) is 42.1. The van der Waals surface area contributed by atoms with Gasteiger partial charge in [-0.3, -0.25) is 14.5 Å². The number of methoxy groups -OCH3 is 1. The Labute approximate surface area is 424 Å². The number of hydrogen-bond acceptors (Lipinski definition) is 11. The lowest BCUT2D eigenvalue weighted by molar-refractivity contribution is -0.146. The van der Waals surface area contributed by atoms with E-state index >= 15 is 0 Å². The molecule has 2 aromatic heterocycles. The summed E-state index contributed by atoms with van der Waals surface area (Å²) in [5.74, 6) is 3.91. The minimum absolute atomic E-state index is 0.0316. The average Bonchev–Trinajstić information content (AvgIpc) is 4.21. The molecule has 2 aliphatic heterocycles. The quantitative estimate of drug-likeness (QED) is 0.0685. The Hall–Kier alpha value is -7.02. The van der Waals surface area contributed by atoms with Gasteiger partial charge in [0, 0.05) is 56.7 Å². The van der Waals surface area contributed by atoms with Crippen molar-refractivity contribution >= 4 is 11.9 Å². The van der Waals surface area contributed by atoms with E-state index in [2.05, 4.69) is 63.1 Å². The van der Waals surface area contributed by atoms with Crippen LogP contribution in [0.3, 0.4) is 0 Å². The standard InChI is InChI=1S/C32H34N2O4.C28H34N2O4/c1-23-30(33-31(38-23)26-12-6-3-7-13-26)17-18-37-28-14-8-11-24(19-28)15-16-27-21-34(22-29(27)32(35)36)20-25-9-4-2-5-10-25;1-4-30-18-23(25(19-30)28(31)32-3)14-13-21-9-8-12-24(17-21)33-16-15-26-20(2)34-27(29-26)22-10-6-5-7-11-22/h2-14,19,27,29H,15-18,20-22H2,1H3,(H,35,36);5-12,17,23,25H,4,13-16,18-19H2,1-3H3/t27-,29-;23-,25-/m11/s1. The summed E-state index contributed by atoms with van der Waals surface area (Å²) in [5, 5.41) is 9.83. The molecule has 0 saturated carbocycles. The van der Waals surface area contributed by atoms with Crippen molar-refractivity contribution < 1.29 is 37.7 Å². The number of nitrogens with zero attached hydrogens (tertiary/aromatic N) is 4. The fourth-order valence-corrected chi connectivity index (χ4v) is 9.98. The topological polar surface area (TPSA) is 141 Å². The van der Waals surface area contributed by atoms with Gasteiger partial charge in [0.15, 0.2) is 0 Å².